The molecule has 4 nitrogen and oxygen atoms in total. The van der Waals surface area contributed by atoms with E-state index >= 15 is 0 Å². The van der Waals surface area contributed by atoms with Crippen LogP contribution >= 0.6 is 54.8 Å². The van der Waals surface area contributed by atoms with Gasteiger partial charge in [-0.2, -0.15) is 0 Å². The van der Waals surface area contributed by atoms with Gasteiger partial charge in [0.1, 0.15) is 4.21 Å². The van der Waals surface area contributed by atoms with E-state index in [1.807, 2.05) is 0 Å². The average molecular weight is 461 g/mol. The fourth-order valence-corrected chi connectivity index (χ4v) is 5.75. The smallest absolute Gasteiger partial charge is 0.271 e. The first-order valence-electron chi connectivity index (χ1n) is 5.24. The molecule has 0 unspecified atom stereocenters. The lowest BCUT2D eigenvalue weighted by atomic mass is 10.3. The lowest BCUT2D eigenvalue weighted by Crippen LogP contribution is -2.13. The molecule has 1 aromatic heterocycles. The summed E-state index contributed by atoms with van der Waals surface area (Å²) in [5.74, 6) is 0. The number of hydrogen-bond donors (Lipinski definition) is 2. The van der Waals surface area contributed by atoms with Crippen LogP contribution in [0.1, 0.15) is 5.56 Å². The summed E-state index contributed by atoms with van der Waals surface area (Å²) in [6.07, 6.45) is 0. The summed E-state index contributed by atoms with van der Waals surface area (Å²) < 4.78 is 29.0. The van der Waals surface area contributed by atoms with E-state index in [1.54, 1.807) is 19.1 Å². The molecular formula is C11H9Br2ClN2O2S2. The van der Waals surface area contributed by atoms with Crippen LogP contribution in [0.15, 0.2) is 31.4 Å². The molecule has 0 spiro atoms. The molecule has 20 heavy (non-hydrogen) atoms. The topological polar surface area (TPSA) is 72.2 Å². The number of halogens is 3. The summed E-state index contributed by atoms with van der Waals surface area (Å²) in [5.41, 5.74) is 7.17. The lowest BCUT2D eigenvalue weighted by molar-refractivity contribution is 0.603. The summed E-state index contributed by atoms with van der Waals surface area (Å²) >= 11 is 13.5. The second-order valence-electron chi connectivity index (χ2n) is 3.98. The molecule has 0 amide bonds. The molecule has 3 N–H and O–H groups in total. The van der Waals surface area contributed by atoms with E-state index in [0.717, 1.165) is 21.4 Å². The molecule has 0 saturated carbocycles. The number of sulfonamides is 1. The van der Waals surface area contributed by atoms with Gasteiger partial charge < -0.3 is 5.73 Å². The molecule has 0 bridgehead atoms. The highest BCUT2D eigenvalue weighted by atomic mass is 79.9. The van der Waals surface area contributed by atoms with Crippen molar-refractivity contribution in [3.05, 3.63) is 37.0 Å². The van der Waals surface area contributed by atoms with Crippen molar-refractivity contribution >= 4 is 76.2 Å². The van der Waals surface area contributed by atoms with Gasteiger partial charge in [-0.05, 0) is 46.6 Å². The van der Waals surface area contributed by atoms with Crippen LogP contribution in [0.3, 0.4) is 0 Å². The Morgan fingerprint density at radius 3 is 2.45 bits per heavy atom. The third-order valence-corrected chi connectivity index (χ3v) is 6.88. The van der Waals surface area contributed by atoms with E-state index in [9.17, 15) is 8.42 Å². The van der Waals surface area contributed by atoms with Crippen LogP contribution in [0.25, 0.3) is 0 Å². The van der Waals surface area contributed by atoms with Crippen LogP contribution in [0.4, 0.5) is 11.4 Å². The average Bonchev–Trinajstić information content (AvgIpc) is 2.65. The van der Waals surface area contributed by atoms with Crippen molar-refractivity contribution in [2.75, 3.05) is 10.5 Å². The van der Waals surface area contributed by atoms with Crippen molar-refractivity contribution in [1.82, 2.24) is 0 Å². The summed E-state index contributed by atoms with van der Waals surface area (Å²) in [5, 5.41) is 0. The van der Waals surface area contributed by atoms with Crippen molar-refractivity contribution in [1.29, 1.82) is 0 Å². The van der Waals surface area contributed by atoms with Crippen LogP contribution in [-0.2, 0) is 10.0 Å². The molecule has 2 aromatic rings. The van der Waals surface area contributed by atoms with Gasteiger partial charge in [0.15, 0.2) is 0 Å². The maximum atomic E-state index is 12.3. The Balaban J connectivity index is 2.43. The van der Waals surface area contributed by atoms with Crippen LogP contribution in [-0.4, -0.2) is 8.42 Å². The predicted molar refractivity (Wildman–Crippen MR) is 91.1 cm³/mol. The Labute approximate surface area is 142 Å². The Morgan fingerprint density at radius 1 is 1.30 bits per heavy atom. The van der Waals surface area contributed by atoms with Crippen LogP contribution in [0.5, 0.6) is 0 Å². The number of hydrogen-bond acceptors (Lipinski definition) is 4. The number of rotatable bonds is 3. The molecule has 2 rings (SSSR count). The van der Waals surface area contributed by atoms with Gasteiger partial charge in [-0.25, -0.2) is 8.42 Å². The van der Waals surface area contributed by atoms with Gasteiger partial charge in [0.2, 0.25) is 0 Å². The molecule has 0 radical (unpaired) electrons. The second-order valence-corrected chi connectivity index (χ2v) is 9.31. The van der Waals surface area contributed by atoms with Crippen molar-refractivity contribution in [3.8, 4) is 0 Å². The normalized spacial score (nSPS) is 11.6. The highest BCUT2D eigenvalue weighted by Gasteiger charge is 2.21. The summed E-state index contributed by atoms with van der Waals surface area (Å²) in [6, 6.07) is 4.86. The molecule has 0 aliphatic rings. The quantitative estimate of drug-likeness (QED) is 0.657. The van der Waals surface area contributed by atoms with Crippen LogP contribution in [0, 0.1) is 6.92 Å². The molecular weight excluding hydrogens is 452 g/mol. The summed E-state index contributed by atoms with van der Waals surface area (Å²) in [7, 11) is -3.71. The van der Waals surface area contributed by atoms with Crippen LogP contribution in [0.2, 0.25) is 4.34 Å². The lowest BCUT2D eigenvalue weighted by Gasteiger charge is -2.11. The molecule has 9 heteroatoms. The van der Waals surface area contributed by atoms with Gasteiger partial charge in [0.25, 0.3) is 10.0 Å². The highest BCUT2D eigenvalue weighted by molar-refractivity contribution is 9.11. The Hall–Kier alpha value is -0.280. The molecule has 0 saturated heterocycles. The summed E-state index contributed by atoms with van der Waals surface area (Å²) in [4.78, 5) is 0. The zero-order chi connectivity index (χ0) is 15.1. The standard InChI is InChI=1S/C11H9Br2ClN2O2S2/c1-5-2-9(19-11(5)14)20(17,18)16-10-7(13)3-6(12)4-8(10)15/h2-4,16H,15H2,1H3. The van der Waals surface area contributed by atoms with Crippen LogP contribution < -0.4 is 10.5 Å². The number of nitrogen functional groups attached to an aromatic ring is 1. The number of nitrogens with one attached hydrogen (secondary N) is 1. The first kappa shape index (κ1) is 16.1. The highest BCUT2D eigenvalue weighted by Crippen LogP contribution is 2.36. The largest absolute Gasteiger partial charge is 0.397 e. The Bertz CT molecular complexity index is 732. The van der Waals surface area contributed by atoms with Gasteiger partial charge in [-0.15, -0.1) is 11.3 Å². The van der Waals surface area contributed by atoms with Gasteiger partial charge in [0, 0.05) is 8.95 Å². The monoisotopic (exact) mass is 458 g/mol. The number of aryl methyl sites for hydroxylation is 1. The molecule has 1 aromatic carbocycles. The van der Waals surface area contributed by atoms with Crippen molar-refractivity contribution in [3.63, 3.8) is 0 Å². The first-order chi connectivity index (χ1) is 9.20. The van der Waals surface area contributed by atoms with Gasteiger partial charge in [0.05, 0.1) is 15.7 Å². The zero-order valence-electron chi connectivity index (χ0n) is 10.1. The molecule has 1 heterocycles. The minimum Gasteiger partial charge on any atom is -0.397 e. The fraction of sp³-hybridized carbons (Fsp3) is 0.0909. The summed E-state index contributed by atoms with van der Waals surface area (Å²) in [6.45, 7) is 1.75. The number of anilines is 2. The van der Waals surface area contributed by atoms with Gasteiger partial charge in [-0.3, -0.25) is 4.72 Å². The molecule has 0 atom stereocenters. The van der Waals surface area contributed by atoms with Gasteiger partial charge >= 0.3 is 0 Å². The second kappa shape index (κ2) is 5.84. The predicted octanol–water partition coefficient (Wildman–Crippen LogP) is 4.62. The Kier molecular flexibility index (Phi) is 4.70. The molecule has 0 aliphatic heterocycles. The number of benzene rings is 1. The molecule has 0 aliphatic carbocycles. The maximum absolute atomic E-state index is 12.3. The molecule has 0 fully saturated rings. The fourth-order valence-electron chi connectivity index (χ4n) is 1.45. The third kappa shape index (κ3) is 3.30. The minimum absolute atomic E-state index is 0.147. The van der Waals surface area contributed by atoms with E-state index in [4.69, 9.17) is 17.3 Å². The molecule has 108 valence electrons. The number of thiophene rings is 1. The van der Waals surface area contributed by atoms with E-state index in [1.165, 1.54) is 6.07 Å². The van der Waals surface area contributed by atoms with E-state index in [0.29, 0.717) is 20.2 Å². The van der Waals surface area contributed by atoms with E-state index in [2.05, 4.69) is 36.6 Å². The van der Waals surface area contributed by atoms with Crippen molar-refractivity contribution < 1.29 is 8.42 Å². The van der Waals surface area contributed by atoms with Gasteiger partial charge in [-0.1, -0.05) is 27.5 Å². The third-order valence-electron chi connectivity index (χ3n) is 2.42. The van der Waals surface area contributed by atoms with Crippen molar-refractivity contribution in [2.45, 2.75) is 11.1 Å². The Morgan fingerprint density at radius 2 is 1.95 bits per heavy atom. The van der Waals surface area contributed by atoms with E-state index < -0.39 is 10.0 Å². The first-order valence-corrected chi connectivity index (χ1v) is 9.50. The number of nitrogens with two attached hydrogens (primary N) is 1. The minimum atomic E-state index is -3.71. The SMILES string of the molecule is Cc1cc(S(=O)(=O)Nc2c(N)cc(Br)cc2Br)sc1Cl. The van der Waals surface area contributed by atoms with E-state index in [-0.39, 0.29) is 4.21 Å². The zero-order valence-corrected chi connectivity index (χ0v) is 15.6. The van der Waals surface area contributed by atoms with Crippen molar-refractivity contribution in [2.24, 2.45) is 0 Å². The maximum Gasteiger partial charge on any atom is 0.271 e.